The van der Waals surface area contributed by atoms with Gasteiger partial charge in [-0.25, -0.2) is 4.79 Å². The first kappa shape index (κ1) is 15.4. The summed E-state index contributed by atoms with van der Waals surface area (Å²) >= 11 is 0. The molecule has 1 heterocycles. The standard InChI is InChI=1S/C17H17N3O2/c1-3-13(12-7-5-4-6-8-12)16(18-2)20-15-11-19-10-9-14(15)17(21)22/h3-11H,1-2H3,(H,18,20)(H,21,22)/b13-3-. The fourth-order valence-electron chi connectivity index (χ4n) is 2.11. The number of nitrogens with zero attached hydrogens (tertiary/aromatic N) is 2. The Kier molecular flexibility index (Phi) is 5.03. The van der Waals surface area contributed by atoms with Crippen LogP contribution < -0.4 is 5.32 Å². The van der Waals surface area contributed by atoms with E-state index >= 15 is 0 Å². The van der Waals surface area contributed by atoms with Crippen molar-refractivity contribution in [2.45, 2.75) is 6.92 Å². The molecule has 112 valence electrons. The van der Waals surface area contributed by atoms with E-state index in [1.54, 1.807) is 7.05 Å². The number of hydrogen-bond acceptors (Lipinski definition) is 3. The molecule has 0 aliphatic carbocycles. The molecule has 2 N–H and O–H groups in total. The van der Waals surface area contributed by atoms with Crippen LogP contribution >= 0.6 is 0 Å². The minimum atomic E-state index is -1.01. The third kappa shape index (κ3) is 3.38. The Morgan fingerprint density at radius 3 is 2.59 bits per heavy atom. The highest BCUT2D eigenvalue weighted by Crippen LogP contribution is 2.20. The van der Waals surface area contributed by atoms with Crippen molar-refractivity contribution in [2.75, 3.05) is 12.4 Å². The Bertz CT molecular complexity index is 722. The molecule has 0 amide bonds. The van der Waals surface area contributed by atoms with Crippen LogP contribution in [0.1, 0.15) is 22.8 Å². The van der Waals surface area contributed by atoms with Gasteiger partial charge in [-0.05, 0) is 18.6 Å². The Morgan fingerprint density at radius 1 is 1.27 bits per heavy atom. The van der Waals surface area contributed by atoms with E-state index in [1.165, 1.54) is 18.5 Å². The summed E-state index contributed by atoms with van der Waals surface area (Å²) < 4.78 is 0. The van der Waals surface area contributed by atoms with Gasteiger partial charge in [-0.2, -0.15) is 0 Å². The average molecular weight is 295 g/mol. The van der Waals surface area contributed by atoms with Gasteiger partial charge in [0.15, 0.2) is 0 Å². The lowest BCUT2D eigenvalue weighted by molar-refractivity contribution is 0.0698. The van der Waals surface area contributed by atoms with Crippen molar-refractivity contribution in [2.24, 2.45) is 4.99 Å². The highest BCUT2D eigenvalue weighted by molar-refractivity contribution is 6.28. The van der Waals surface area contributed by atoms with E-state index in [-0.39, 0.29) is 5.56 Å². The number of anilines is 1. The number of carbonyl (C=O) groups is 1. The largest absolute Gasteiger partial charge is 0.478 e. The number of aliphatic imine (C=N–C) groups is 1. The zero-order chi connectivity index (χ0) is 15.9. The van der Waals surface area contributed by atoms with Gasteiger partial charge in [0.1, 0.15) is 5.84 Å². The van der Waals surface area contributed by atoms with Crippen LogP contribution in [0.5, 0.6) is 0 Å². The molecule has 22 heavy (non-hydrogen) atoms. The minimum Gasteiger partial charge on any atom is -0.478 e. The van der Waals surface area contributed by atoms with Gasteiger partial charge >= 0.3 is 5.97 Å². The average Bonchev–Trinajstić information content (AvgIpc) is 2.55. The lowest BCUT2D eigenvalue weighted by Gasteiger charge is -2.14. The van der Waals surface area contributed by atoms with Crippen molar-refractivity contribution in [1.82, 2.24) is 4.98 Å². The summed E-state index contributed by atoms with van der Waals surface area (Å²) in [4.78, 5) is 19.5. The van der Waals surface area contributed by atoms with E-state index in [0.717, 1.165) is 11.1 Å². The predicted octanol–water partition coefficient (Wildman–Crippen LogP) is 3.32. The third-order valence-electron chi connectivity index (χ3n) is 3.16. The lowest BCUT2D eigenvalue weighted by Crippen LogP contribution is -2.17. The summed E-state index contributed by atoms with van der Waals surface area (Å²) in [5.41, 5.74) is 2.45. The molecule has 0 saturated heterocycles. The van der Waals surface area contributed by atoms with Crippen molar-refractivity contribution < 1.29 is 9.90 Å². The predicted molar refractivity (Wildman–Crippen MR) is 88.3 cm³/mol. The van der Waals surface area contributed by atoms with Gasteiger partial charge in [-0.3, -0.25) is 9.98 Å². The molecule has 0 atom stereocenters. The van der Waals surface area contributed by atoms with E-state index in [1.807, 2.05) is 43.3 Å². The maximum Gasteiger partial charge on any atom is 0.337 e. The van der Waals surface area contributed by atoms with Crippen LogP contribution in [0.25, 0.3) is 5.57 Å². The van der Waals surface area contributed by atoms with Gasteiger partial charge in [0, 0.05) is 18.8 Å². The van der Waals surface area contributed by atoms with Crippen LogP contribution in [-0.2, 0) is 0 Å². The molecule has 5 nitrogen and oxygen atoms in total. The van der Waals surface area contributed by atoms with Crippen LogP contribution in [-0.4, -0.2) is 28.9 Å². The number of rotatable bonds is 4. The highest BCUT2D eigenvalue weighted by atomic mass is 16.4. The third-order valence-corrected chi connectivity index (χ3v) is 3.16. The Hall–Kier alpha value is -2.95. The normalized spacial score (nSPS) is 12.1. The van der Waals surface area contributed by atoms with Gasteiger partial charge in [0.25, 0.3) is 0 Å². The van der Waals surface area contributed by atoms with Crippen molar-refractivity contribution in [3.63, 3.8) is 0 Å². The number of aromatic nitrogens is 1. The molecule has 0 spiro atoms. The number of pyridine rings is 1. The zero-order valence-electron chi connectivity index (χ0n) is 12.4. The molecule has 0 bridgehead atoms. The van der Waals surface area contributed by atoms with Crippen molar-refractivity contribution in [3.8, 4) is 0 Å². The number of aromatic carboxylic acids is 1. The number of nitrogens with one attached hydrogen (secondary N) is 1. The van der Waals surface area contributed by atoms with Gasteiger partial charge < -0.3 is 10.4 Å². The first-order valence-corrected chi connectivity index (χ1v) is 6.80. The van der Waals surface area contributed by atoms with Crippen molar-refractivity contribution in [3.05, 3.63) is 66.0 Å². The summed E-state index contributed by atoms with van der Waals surface area (Å²) in [7, 11) is 1.66. The number of hydrogen-bond donors (Lipinski definition) is 2. The second-order valence-electron chi connectivity index (χ2n) is 4.49. The van der Waals surface area contributed by atoms with E-state index in [2.05, 4.69) is 15.3 Å². The second kappa shape index (κ2) is 7.17. The quantitative estimate of drug-likeness (QED) is 0.670. The van der Waals surface area contributed by atoms with E-state index < -0.39 is 5.97 Å². The summed E-state index contributed by atoms with van der Waals surface area (Å²) in [6.45, 7) is 1.91. The monoisotopic (exact) mass is 295 g/mol. The number of carboxylic acid groups (broad SMARTS) is 1. The Balaban J connectivity index is 2.37. The van der Waals surface area contributed by atoms with E-state index in [9.17, 15) is 9.90 Å². The topological polar surface area (TPSA) is 74.6 Å². The smallest absolute Gasteiger partial charge is 0.337 e. The van der Waals surface area contributed by atoms with Gasteiger partial charge in [-0.1, -0.05) is 36.4 Å². The SMILES string of the molecule is C/C=C(\C(=NC)Nc1cnccc1C(=O)O)c1ccccc1. The maximum absolute atomic E-state index is 11.3. The van der Waals surface area contributed by atoms with E-state index in [0.29, 0.717) is 11.5 Å². The first-order valence-electron chi connectivity index (χ1n) is 6.80. The van der Waals surface area contributed by atoms with Crippen LogP contribution in [0.2, 0.25) is 0 Å². The molecular weight excluding hydrogens is 278 g/mol. The molecule has 0 radical (unpaired) electrons. The highest BCUT2D eigenvalue weighted by Gasteiger charge is 2.14. The fourth-order valence-corrected chi connectivity index (χ4v) is 2.11. The molecule has 0 fully saturated rings. The zero-order valence-corrected chi connectivity index (χ0v) is 12.4. The van der Waals surface area contributed by atoms with Crippen molar-refractivity contribution in [1.29, 1.82) is 0 Å². The molecule has 1 aromatic heterocycles. The summed E-state index contributed by atoms with van der Waals surface area (Å²) in [5.74, 6) is -0.425. The number of carboxylic acids is 1. The first-order chi connectivity index (χ1) is 10.7. The van der Waals surface area contributed by atoms with Gasteiger partial charge in [0.2, 0.25) is 0 Å². The lowest BCUT2D eigenvalue weighted by atomic mass is 10.0. The van der Waals surface area contributed by atoms with Gasteiger partial charge in [0.05, 0.1) is 17.4 Å². The van der Waals surface area contributed by atoms with Crippen LogP contribution in [0.15, 0.2) is 59.9 Å². The second-order valence-corrected chi connectivity index (χ2v) is 4.49. The molecule has 1 aromatic carbocycles. The van der Waals surface area contributed by atoms with Gasteiger partial charge in [-0.15, -0.1) is 0 Å². The molecule has 5 heteroatoms. The molecule has 2 rings (SSSR count). The van der Waals surface area contributed by atoms with Crippen LogP contribution in [0.4, 0.5) is 5.69 Å². The molecule has 0 aliphatic rings. The number of benzene rings is 1. The van der Waals surface area contributed by atoms with Crippen LogP contribution in [0, 0.1) is 0 Å². The fraction of sp³-hybridized carbons (Fsp3) is 0.118. The number of amidine groups is 1. The number of allylic oxidation sites excluding steroid dienone is 1. The van der Waals surface area contributed by atoms with E-state index in [4.69, 9.17) is 0 Å². The molecule has 0 unspecified atom stereocenters. The molecule has 0 saturated carbocycles. The summed E-state index contributed by atoms with van der Waals surface area (Å²) in [6, 6.07) is 11.2. The molecular formula is C17H17N3O2. The maximum atomic E-state index is 11.3. The Morgan fingerprint density at radius 2 is 2.00 bits per heavy atom. The minimum absolute atomic E-state index is 0.152. The summed E-state index contributed by atoms with van der Waals surface area (Å²) in [5, 5.41) is 12.3. The van der Waals surface area contributed by atoms with Crippen LogP contribution in [0.3, 0.4) is 0 Å². The van der Waals surface area contributed by atoms with Crippen molar-refractivity contribution >= 4 is 23.1 Å². The molecule has 0 aliphatic heterocycles. The molecule has 2 aromatic rings. The Labute approximate surface area is 129 Å². The summed E-state index contributed by atoms with van der Waals surface area (Å²) in [6.07, 6.45) is 4.86.